The SMILES string of the molecule is COc1ccc(S(=O)(=O)c2c[nH]c3cc(Br)ccc23)cc1N1CCN(C(=O)O)C(C(C)(C)C)C1. The number of hydrogen-bond donors (Lipinski definition) is 2. The van der Waals surface area contributed by atoms with Gasteiger partial charge in [-0.25, -0.2) is 13.2 Å². The molecule has 0 spiro atoms. The van der Waals surface area contributed by atoms with Gasteiger partial charge in [-0.1, -0.05) is 42.8 Å². The molecule has 0 aliphatic carbocycles. The van der Waals surface area contributed by atoms with Crippen LogP contribution in [-0.2, 0) is 9.84 Å². The van der Waals surface area contributed by atoms with Gasteiger partial charge < -0.3 is 24.6 Å². The quantitative estimate of drug-likeness (QED) is 0.475. The molecule has 1 aromatic heterocycles. The van der Waals surface area contributed by atoms with E-state index in [1.807, 2.05) is 37.8 Å². The molecule has 4 rings (SSSR count). The number of carboxylic acid groups (broad SMARTS) is 1. The second-order valence-corrected chi connectivity index (χ2v) is 12.3. The first-order valence-electron chi connectivity index (χ1n) is 10.9. The third-order valence-corrected chi connectivity index (χ3v) is 8.61. The summed E-state index contributed by atoms with van der Waals surface area (Å²) < 4.78 is 33.6. The summed E-state index contributed by atoms with van der Waals surface area (Å²) in [5.74, 6) is 0.540. The first-order valence-corrected chi connectivity index (χ1v) is 13.2. The molecule has 1 aliphatic rings. The Labute approximate surface area is 207 Å². The van der Waals surface area contributed by atoms with Crippen LogP contribution in [0.1, 0.15) is 20.8 Å². The van der Waals surface area contributed by atoms with E-state index in [0.29, 0.717) is 36.5 Å². The van der Waals surface area contributed by atoms with Crippen molar-refractivity contribution in [3.8, 4) is 5.75 Å². The minimum absolute atomic E-state index is 0.153. The number of amides is 1. The number of aromatic amines is 1. The molecule has 10 heteroatoms. The minimum Gasteiger partial charge on any atom is -0.495 e. The number of hydrogen-bond acceptors (Lipinski definition) is 5. The number of fused-ring (bicyclic) bond motifs is 1. The zero-order chi connectivity index (χ0) is 24.8. The summed E-state index contributed by atoms with van der Waals surface area (Å²) in [6.45, 7) is 7.19. The Balaban J connectivity index is 1.76. The van der Waals surface area contributed by atoms with Gasteiger partial charge in [-0.3, -0.25) is 0 Å². The molecule has 1 unspecified atom stereocenters. The minimum atomic E-state index is -3.82. The van der Waals surface area contributed by atoms with Crippen LogP contribution in [0.5, 0.6) is 5.75 Å². The molecule has 182 valence electrons. The highest BCUT2D eigenvalue weighted by Gasteiger charge is 2.39. The monoisotopic (exact) mass is 549 g/mol. The summed E-state index contributed by atoms with van der Waals surface area (Å²) in [7, 11) is -2.28. The largest absolute Gasteiger partial charge is 0.495 e. The predicted octanol–water partition coefficient (Wildman–Crippen LogP) is 4.99. The number of carbonyl (C=O) groups is 1. The maximum atomic E-state index is 13.6. The van der Waals surface area contributed by atoms with Crippen molar-refractivity contribution in [2.45, 2.75) is 36.6 Å². The Bertz CT molecular complexity index is 1350. The van der Waals surface area contributed by atoms with E-state index in [9.17, 15) is 18.3 Å². The van der Waals surface area contributed by atoms with Crippen molar-refractivity contribution in [1.82, 2.24) is 9.88 Å². The number of H-pyrrole nitrogens is 1. The number of methoxy groups -OCH3 is 1. The van der Waals surface area contributed by atoms with Gasteiger partial charge in [0, 0.05) is 41.2 Å². The van der Waals surface area contributed by atoms with Crippen LogP contribution in [0.25, 0.3) is 10.9 Å². The van der Waals surface area contributed by atoms with Crippen LogP contribution in [0.3, 0.4) is 0 Å². The molecule has 8 nitrogen and oxygen atoms in total. The van der Waals surface area contributed by atoms with Crippen molar-refractivity contribution >= 4 is 48.5 Å². The molecular weight excluding hydrogens is 522 g/mol. The van der Waals surface area contributed by atoms with Gasteiger partial charge in [0.2, 0.25) is 9.84 Å². The Morgan fingerprint density at radius 1 is 1.18 bits per heavy atom. The molecular formula is C24H28BrN3O5S. The van der Waals surface area contributed by atoms with E-state index in [1.54, 1.807) is 31.4 Å². The Kier molecular flexibility index (Phi) is 6.32. The highest BCUT2D eigenvalue weighted by atomic mass is 79.9. The molecule has 2 N–H and O–H groups in total. The molecule has 0 radical (unpaired) electrons. The van der Waals surface area contributed by atoms with Crippen LogP contribution in [0.4, 0.5) is 10.5 Å². The van der Waals surface area contributed by atoms with Gasteiger partial charge >= 0.3 is 6.09 Å². The lowest BCUT2D eigenvalue weighted by atomic mass is 9.84. The van der Waals surface area contributed by atoms with E-state index >= 15 is 0 Å². The zero-order valence-corrected chi connectivity index (χ0v) is 21.9. The number of ether oxygens (including phenoxy) is 1. The van der Waals surface area contributed by atoms with E-state index in [0.717, 1.165) is 9.99 Å². The lowest BCUT2D eigenvalue weighted by Gasteiger charge is -2.46. The van der Waals surface area contributed by atoms with Crippen molar-refractivity contribution in [2.24, 2.45) is 5.41 Å². The van der Waals surface area contributed by atoms with Crippen molar-refractivity contribution in [2.75, 3.05) is 31.6 Å². The zero-order valence-electron chi connectivity index (χ0n) is 19.5. The van der Waals surface area contributed by atoms with Crippen LogP contribution in [-0.4, -0.2) is 62.3 Å². The number of aromatic nitrogens is 1. The van der Waals surface area contributed by atoms with Gasteiger partial charge in [-0.15, -0.1) is 0 Å². The Morgan fingerprint density at radius 2 is 1.91 bits per heavy atom. The fraction of sp³-hybridized carbons (Fsp3) is 0.375. The van der Waals surface area contributed by atoms with Gasteiger partial charge in [-0.05, 0) is 35.7 Å². The van der Waals surface area contributed by atoms with E-state index < -0.39 is 15.9 Å². The average molecular weight is 550 g/mol. The molecule has 1 atom stereocenters. The molecule has 2 aromatic carbocycles. The van der Waals surface area contributed by atoms with Crippen molar-refractivity contribution in [1.29, 1.82) is 0 Å². The molecule has 1 fully saturated rings. The topological polar surface area (TPSA) is 103 Å². The fourth-order valence-electron chi connectivity index (χ4n) is 4.48. The number of nitrogens with zero attached hydrogens (tertiary/aromatic N) is 2. The highest BCUT2D eigenvalue weighted by Crippen LogP contribution is 2.38. The summed E-state index contributed by atoms with van der Waals surface area (Å²) in [6.07, 6.45) is 0.561. The second kappa shape index (κ2) is 8.81. The third-order valence-electron chi connectivity index (χ3n) is 6.32. The van der Waals surface area contributed by atoms with Gasteiger partial charge in [-0.2, -0.15) is 0 Å². The van der Waals surface area contributed by atoms with E-state index in [1.165, 1.54) is 11.1 Å². The first-order chi connectivity index (χ1) is 15.9. The summed E-state index contributed by atoms with van der Waals surface area (Å²) in [4.78, 5) is 18.7. The first kappa shape index (κ1) is 24.4. The average Bonchev–Trinajstić information content (AvgIpc) is 3.21. The Hall–Kier alpha value is -2.72. The molecule has 3 aromatic rings. The molecule has 1 aliphatic heterocycles. The van der Waals surface area contributed by atoms with Crippen LogP contribution in [0.15, 0.2) is 56.9 Å². The van der Waals surface area contributed by atoms with Crippen molar-refractivity contribution in [3.63, 3.8) is 0 Å². The summed E-state index contributed by atoms with van der Waals surface area (Å²) in [5.41, 5.74) is 1.05. The lowest BCUT2D eigenvalue weighted by Crippen LogP contribution is -2.59. The molecule has 1 saturated heterocycles. The fourth-order valence-corrected chi connectivity index (χ4v) is 6.29. The summed E-state index contributed by atoms with van der Waals surface area (Å²) >= 11 is 3.41. The number of benzene rings is 2. The second-order valence-electron chi connectivity index (χ2n) is 9.48. The standard InChI is InChI=1S/C24H28BrN3O5S/c1-24(2,3)22-14-27(9-10-28(22)23(29)30)19-12-16(6-8-20(19)33-4)34(31,32)21-13-26-18-11-15(25)5-7-17(18)21/h5-8,11-13,22,26H,9-10,14H2,1-4H3,(H,29,30). The van der Waals surface area contributed by atoms with Crippen LogP contribution >= 0.6 is 15.9 Å². The molecule has 0 bridgehead atoms. The smallest absolute Gasteiger partial charge is 0.407 e. The number of anilines is 1. The van der Waals surface area contributed by atoms with Crippen LogP contribution < -0.4 is 9.64 Å². The van der Waals surface area contributed by atoms with Crippen LogP contribution in [0, 0.1) is 5.41 Å². The van der Waals surface area contributed by atoms with Gasteiger partial charge in [0.15, 0.2) is 0 Å². The van der Waals surface area contributed by atoms with E-state index in [2.05, 4.69) is 20.9 Å². The van der Waals surface area contributed by atoms with Crippen LogP contribution in [0.2, 0.25) is 0 Å². The molecule has 0 saturated carbocycles. The van der Waals surface area contributed by atoms with Gasteiger partial charge in [0.25, 0.3) is 0 Å². The van der Waals surface area contributed by atoms with Crippen molar-refractivity contribution < 1.29 is 23.1 Å². The molecule has 34 heavy (non-hydrogen) atoms. The van der Waals surface area contributed by atoms with Gasteiger partial charge in [0.1, 0.15) is 5.75 Å². The highest BCUT2D eigenvalue weighted by molar-refractivity contribution is 9.10. The number of rotatable bonds is 4. The summed E-state index contributed by atoms with van der Waals surface area (Å²) in [5, 5.41) is 10.3. The number of piperazine rings is 1. The maximum absolute atomic E-state index is 13.6. The molecule has 1 amide bonds. The third kappa shape index (κ3) is 4.36. The normalized spacial score (nSPS) is 17.3. The maximum Gasteiger partial charge on any atom is 0.407 e. The molecule has 2 heterocycles. The van der Waals surface area contributed by atoms with Crippen molar-refractivity contribution in [3.05, 3.63) is 47.1 Å². The van der Waals surface area contributed by atoms with Gasteiger partial charge in [0.05, 0.1) is 28.6 Å². The number of halogens is 1. The lowest BCUT2D eigenvalue weighted by molar-refractivity contribution is 0.0747. The number of sulfone groups is 1. The number of nitrogens with one attached hydrogen (secondary N) is 1. The predicted molar refractivity (Wildman–Crippen MR) is 135 cm³/mol. The summed E-state index contributed by atoms with van der Waals surface area (Å²) in [6, 6.07) is 9.98. The van der Waals surface area contributed by atoms with E-state index in [-0.39, 0.29) is 21.2 Å². The van der Waals surface area contributed by atoms with E-state index in [4.69, 9.17) is 4.74 Å². The Morgan fingerprint density at radius 3 is 2.56 bits per heavy atom.